The minimum Gasteiger partial charge on any atom is -0.355 e. The minimum atomic E-state index is -0.196. The van der Waals surface area contributed by atoms with E-state index >= 15 is 0 Å². The zero-order valence-corrected chi connectivity index (χ0v) is 7.61. The molecule has 1 atom stereocenters. The van der Waals surface area contributed by atoms with Gasteiger partial charge in [-0.3, -0.25) is 4.79 Å². The average Bonchev–Trinajstić information content (AvgIpc) is 1.82. The van der Waals surface area contributed by atoms with Gasteiger partial charge in [0, 0.05) is 6.54 Å². The standard InChI is InChI=1S/C7H15NOS/c1-5(2)4-8-7(9)6(3)10/h5-6,10H,4H2,1-3H3,(H,8,9). The topological polar surface area (TPSA) is 29.1 Å². The van der Waals surface area contributed by atoms with Crippen LogP contribution in [0.15, 0.2) is 0 Å². The van der Waals surface area contributed by atoms with E-state index < -0.39 is 0 Å². The molecule has 0 fully saturated rings. The second-order valence-electron chi connectivity index (χ2n) is 2.81. The predicted molar refractivity (Wildman–Crippen MR) is 46.3 cm³/mol. The molecule has 1 unspecified atom stereocenters. The summed E-state index contributed by atoms with van der Waals surface area (Å²) >= 11 is 3.98. The van der Waals surface area contributed by atoms with Crippen molar-refractivity contribution in [3.05, 3.63) is 0 Å². The fourth-order valence-corrected chi connectivity index (χ4v) is 0.544. The number of nitrogens with one attached hydrogen (secondary N) is 1. The Kier molecular flexibility index (Phi) is 4.52. The Morgan fingerprint density at radius 1 is 1.50 bits per heavy atom. The summed E-state index contributed by atoms with van der Waals surface area (Å²) in [5, 5.41) is 2.57. The Bertz CT molecular complexity index is 112. The second-order valence-corrected chi connectivity index (χ2v) is 3.59. The van der Waals surface area contributed by atoms with Crippen molar-refractivity contribution < 1.29 is 4.79 Å². The molecule has 0 aliphatic heterocycles. The second kappa shape index (κ2) is 4.61. The number of carbonyl (C=O) groups excluding carboxylic acids is 1. The van der Waals surface area contributed by atoms with Crippen molar-refractivity contribution in [1.82, 2.24) is 5.32 Å². The van der Waals surface area contributed by atoms with Gasteiger partial charge in [-0.05, 0) is 12.8 Å². The molecule has 0 aromatic heterocycles. The molecule has 0 bridgehead atoms. The number of hydrogen-bond donors (Lipinski definition) is 2. The van der Waals surface area contributed by atoms with Crippen LogP contribution in [-0.4, -0.2) is 17.7 Å². The maximum Gasteiger partial charge on any atom is 0.232 e. The fraction of sp³-hybridized carbons (Fsp3) is 0.857. The van der Waals surface area contributed by atoms with E-state index in [1.807, 2.05) is 0 Å². The maximum absolute atomic E-state index is 10.9. The Morgan fingerprint density at radius 2 is 2.00 bits per heavy atom. The van der Waals surface area contributed by atoms with Gasteiger partial charge in [0.1, 0.15) is 0 Å². The van der Waals surface area contributed by atoms with E-state index in [0.29, 0.717) is 5.92 Å². The lowest BCUT2D eigenvalue weighted by molar-refractivity contribution is -0.120. The number of carbonyl (C=O) groups is 1. The van der Waals surface area contributed by atoms with Gasteiger partial charge in [0.25, 0.3) is 0 Å². The molecule has 0 radical (unpaired) electrons. The van der Waals surface area contributed by atoms with Gasteiger partial charge in [0.05, 0.1) is 5.25 Å². The average molecular weight is 161 g/mol. The minimum absolute atomic E-state index is 0.0111. The summed E-state index contributed by atoms with van der Waals surface area (Å²) in [5.74, 6) is 0.521. The van der Waals surface area contributed by atoms with Gasteiger partial charge in [-0.1, -0.05) is 13.8 Å². The van der Waals surface area contributed by atoms with Gasteiger partial charge >= 0.3 is 0 Å². The Hall–Kier alpha value is -0.180. The summed E-state index contributed by atoms with van der Waals surface area (Å²) < 4.78 is 0. The van der Waals surface area contributed by atoms with Crippen molar-refractivity contribution in [2.24, 2.45) is 5.92 Å². The van der Waals surface area contributed by atoms with Gasteiger partial charge in [0.2, 0.25) is 5.91 Å². The first-order valence-electron chi connectivity index (χ1n) is 3.49. The lowest BCUT2D eigenvalue weighted by atomic mass is 10.2. The molecule has 0 aliphatic carbocycles. The van der Waals surface area contributed by atoms with Crippen LogP contribution in [0.4, 0.5) is 0 Å². The number of hydrogen-bond acceptors (Lipinski definition) is 2. The molecule has 0 heterocycles. The molecule has 0 saturated carbocycles. The van der Waals surface area contributed by atoms with Crippen LogP contribution in [-0.2, 0) is 4.79 Å². The highest BCUT2D eigenvalue weighted by molar-refractivity contribution is 7.81. The summed E-state index contributed by atoms with van der Waals surface area (Å²) in [5.41, 5.74) is 0. The highest BCUT2D eigenvalue weighted by atomic mass is 32.1. The van der Waals surface area contributed by atoms with Crippen LogP contribution in [0.3, 0.4) is 0 Å². The molecule has 60 valence electrons. The molecule has 0 spiro atoms. The molecule has 0 rings (SSSR count). The Morgan fingerprint density at radius 3 is 2.30 bits per heavy atom. The van der Waals surface area contributed by atoms with E-state index in [9.17, 15) is 4.79 Å². The molecule has 2 nitrogen and oxygen atoms in total. The van der Waals surface area contributed by atoms with E-state index in [4.69, 9.17) is 0 Å². The first-order chi connectivity index (χ1) is 4.54. The van der Waals surface area contributed by atoms with Gasteiger partial charge in [-0.15, -0.1) is 0 Å². The van der Waals surface area contributed by atoms with Crippen LogP contribution in [0, 0.1) is 5.92 Å². The largest absolute Gasteiger partial charge is 0.355 e. The monoisotopic (exact) mass is 161 g/mol. The molecular formula is C7H15NOS. The van der Waals surface area contributed by atoms with Crippen molar-refractivity contribution in [1.29, 1.82) is 0 Å². The first-order valence-corrected chi connectivity index (χ1v) is 4.01. The summed E-state index contributed by atoms with van der Waals surface area (Å²) in [7, 11) is 0. The molecule has 1 N–H and O–H groups in total. The summed E-state index contributed by atoms with van der Waals surface area (Å²) in [6.45, 7) is 6.62. The molecular weight excluding hydrogens is 146 g/mol. The third kappa shape index (κ3) is 4.68. The van der Waals surface area contributed by atoms with Crippen molar-refractivity contribution in [2.45, 2.75) is 26.0 Å². The van der Waals surface area contributed by atoms with Gasteiger partial charge in [0.15, 0.2) is 0 Å². The number of rotatable bonds is 3. The van der Waals surface area contributed by atoms with Crippen LogP contribution >= 0.6 is 12.6 Å². The SMILES string of the molecule is CC(C)CNC(=O)C(C)S. The number of thiol groups is 1. The highest BCUT2D eigenvalue weighted by Gasteiger charge is 2.06. The quantitative estimate of drug-likeness (QED) is 0.596. The zero-order valence-electron chi connectivity index (χ0n) is 6.72. The number of amides is 1. The lowest BCUT2D eigenvalue weighted by Crippen LogP contribution is -2.32. The molecule has 0 aliphatic rings. The van der Waals surface area contributed by atoms with Crippen LogP contribution in [0.5, 0.6) is 0 Å². The molecule has 10 heavy (non-hydrogen) atoms. The summed E-state index contributed by atoms with van der Waals surface area (Å²) in [6.07, 6.45) is 0. The third-order valence-electron chi connectivity index (χ3n) is 1.06. The van der Waals surface area contributed by atoms with Crippen molar-refractivity contribution in [2.75, 3.05) is 6.54 Å². The van der Waals surface area contributed by atoms with E-state index in [2.05, 4.69) is 31.8 Å². The van der Waals surface area contributed by atoms with Crippen LogP contribution in [0.25, 0.3) is 0 Å². The van der Waals surface area contributed by atoms with E-state index in [-0.39, 0.29) is 11.2 Å². The summed E-state index contributed by atoms with van der Waals surface area (Å²) in [6, 6.07) is 0. The lowest BCUT2D eigenvalue weighted by Gasteiger charge is -2.08. The third-order valence-corrected chi connectivity index (χ3v) is 1.30. The van der Waals surface area contributed by atoms with E-state index in [1.54, 1.807) is 6.92 Å². The smallest absolute Gasteiger partial charge is 0.232 e. The van der Waals surface area contributed by atoms with Crippen LogP contribution < -0.4 is 5.32 Å². The molecule has 0 aromatic rings. The fourth-order valence-electron chi connectivity index (χ4n) is 0.452. The van der Waals surface area contributed by atoms with Crippen molar-refractivity contribution >= 4 is 18.5 Å². The van der Waals surface area contributed by atoms with Crippen LogP contribution in [0.2, 0.25) is 0 Å². The predicted octanol–water partition coefficient (Wildman–Crippen LogP) is 1.08. The Balaban J connectivity index is 3.40. The molecule has 3 heteroatoms. The van der Waals surface area contributed by atoms with E-state index in [0.717, 1.165) is 6.54 Å². The van der Waals surface area contributed by atoms with Crippen molar-refractivity contribution in [3.8, 4) is 0 Å². The normalized spacial score (nSPS) is 13.3. The Labute approximate surface area is 67.8 Å². The van der Waals surface area contributed by atoms with Crippen LogP contribution in [0.1, 0.15) is 20.8 Å². The van der Waals surface area contributed by atoms with Gasteiger partial charge in [-0.2, -0.15) is 12.6 Å². The van der Waals surface area contributed by atoms with Crippen molar-refractivity contribution in [3.63, 3.8) is 0 Å². The maximum atomic E-state index is 10.9. The van der Waals surface area contributed by atoms with Gasteiger partial charge in [-0.25, -0.2) is 0 Å². The van der Waals surface area contributed by atoms with E-state index in [1.165, 1.54) is 0 Å². The molecule has 0 saturated heterocycles. The zero-order chi connectivity index (χ0) is 8.15. The van der Waals surface area contributed by atoms with Gasteiger partial charge < -0.3 is 5.32 Å². The first kappa shape index (κ1) is 9.82. The molecule has 0 aromatic carbocycles. The summed E-state index contributed by atoms with van der Waals surface area (Å²) in [4.78, 5) is 10.9. The highest BCUT2D eigenvalue weighted by Crippen LogP contribution is 1.93. The molecule has 1 amide bonds.